The number of aromatic amines is 2. The summed E-state index contributed by atoms with van der Waals surface area (Å²) in [5, 5.41) is 4.99. The van der Waals surface area contributed by atoms with Crippen molar-refractivity contribution in [3.8, 4) is 0 Å². The number of nitrogens with one attached hydrogen (secondary N) is 2. The Bertz CT molecular complexity index is 873. The maximum absolute atomic E-state index is 13.7. The normalized spacial score (nSPS) is 16.7. The Hall–Kier alpha value is -2.90. The highest BCUT2D eigenvalue weighted by Gasteiger charge is 2.27. The van der Waals surface area contributed by atoms with Crippen LogP contribution in [0.25, 0.3) is 0 Å². The largest absolute Gasteiger partial charge is 0.465 e. The second-order valence-electron chi connectivity index (χ2n) is 6.45. The Morgan fingerprint density at radius 3 is 2.88 bits per heavy atom. The number of halogens is 1. The van der Waals surface area contributed by atoms with Gasteiger partial charge in [0.2, 0.25) is 5.91 Å². The number of esters is 1. The van der Waals surface area contributed by atoms with Crippen molar-refractivity contribution in [3.05, 3.63) is 57.3 Å². The van der Waals surface area contributed by atoms with E-state index in [0.717, 1.165) is 12.0 Å². The lowest BCUT2D eigenvalue weighted by molar-refractivity contribution is -0.129. The van der Waals surface area contributed by atoms with Crippen LogP contribution in [0.3, 0.4) is 0 Å². The van der Waals surface area contributed by atoms with Gasteiger partial charge in [0, 0.05) is 24.8 Å². The van der Waals surface area contributed by atoms with E-state index in [2.05, 4.69) is 14.9 Å². The monoisotopic (exact) mass is 361 g/mol. The van der Waals surface area contributed by atoms with Gasteiger partial charge in [-0.25, -0.2) is 9.18 Å². The Labute approximate surface area is 149 Å². The summed E-state index contributed by atoms with van der Waals surface area (Å²) >= 11 is 0. The standard InChI is InChI=1S/C18H20FN3O4/c1-26-18(25)14-7-11(2-3-15(14)19)6-12-4-5-22(10-12)16(23)8-13-9-20-21-17(13)24/h2-3,7,9,12H,4-6,8,10H2,1H3,(H2,20,21,24). The molecule has 0 aliphatic carbocycles. The van der Waals surface area contributed by atoms with E-state index in [1.54, 1.807) is 11.0 Å². The van der Waals surface area contributed by atoms with Crippen molar-refractivity contribution in [2.75, 3.05) is 20.2 Å². The maximum atomic E-state index is 13.7. The number of amides is 1. The summed E-state index contributed by atoms with van der Waals surface area (Å²) in [6.07, 6.45) is 3.02. The van der Waals surface area contributed by atoms with Gasteiger partial charge in [-0.05, 0) is 36.5 Å². The number of benzene rings is 1. The van der Waals surface area contributed by atoms with Crippen LogP contribution in [0.2, 0.25) is 0 Å². The van der Waals surface area contributed by atoms with E-state index in [0.29, 0.717) is 25.1 Å². The van der Waals surface area contributed by atoms with Gasteiger partial charge in [-0.15, -0.1) is 0 Å². The lowest BCUT2D eigenvalue weighted by Crippen LogP contribution is -2.31. The van der Waals surface area contributed by atoms with Gasteiger partial charge in [-0.3, -0.25) is 14.7 Å². The summed E-state index contributed by atoms with van der Waals surface area (Å²) in [7, 11) is 1.21. The minimum atomic E-state index is -0.704. The average molecular weight is 361 g/mol. The number of nitrogens with zero attached hydrogens (tertiary/aromatic N) is 1. The van der Waals surface area contributed by atoms with Crippen LogP contribution < -0.4 is 5.56 Å². The zero-order valence-electron chi connectivity index (χ0n) is 14.4. The molecule has 26 heavy (non-hydrogen) atoms. The summed E-state index contributed by atoms with van der Waals surface area (Å²) in [5.74, 6) is -1.18. The number of hydrogen-bond acceptors (Lipinski definition) is 4. The lowest BCUT2D eigenvalue weighted by Gasteiger charge is -2.16. The van der Waals surface area contributed by atoms with Crippen LogP contribution in [-0.4, -0.2) is 47.2 Å². The molecule has 1 aliphatic heterocycles. The number of ether oxygens (including phenoxy) is 1. The zero-order valence-corrected chi connectivity index (χ0v) is 14.4. The SMILES string of the molecule is COC(=O)c1cc(CC2CCN(C(=O)Cc3c[nH][nH]c3=O)C2)ccc1F. The van der Waals surface area contributed by atoms with Crippen molar-refractivity contribution in [1.82, 2.24) is 15.1 Å². The van der Waals surface area contributed by atoms with Crippen LogP contribution in [0.5, 0.6) is 0 Å². The quantitative estimate of drug-likeness (QED) is 0.784. The Kier molecular flexibility index (Phi) is 5.20. The summed E-state index contributed by atoms with van der Waals surface area (Å²) < 4.78 is 18.3. The van der Waals surface area contributed by atoms with E-state index >= 15 is 0 Å². The molecule has 1 fully saturated rings. The summed E-state index contributed by atoms with van der Waals surface area (Å²) in [4.78, 5) is 37.2. The maximum Gasteiger partial charge on any atom is 0.340 e. The topological polar surface area (TPSA) is 95.3 Å². The molecule has 1 atom stereocenters. The molecule has 0 spiro atoms. The fourth-order valence-corrected chi connectivity index (χ4v) is 3.27. The molecule has 3 rings (SSSR count). The van der Waals surface area contributed by atoms with Crippen molar-refractivity contribution < 1.29 is 18.7 Å². The van der Waals surface area contributed by atoms with E-state index in [1.807, 2.05) is 0 Å². The molecule has 1 unspecified atom stereocenters. The van der Waals surface area contributed by atoms with Crippen molar-refractivity contribution in [3.63, 3.8) is 0 Å². The summed E-state index contributed by atoms with van der Waals surface area (Å²) in [6.45, 7) is 1.20. The van der Waals surface area contributed by atoms with Gasteiger partial charge in [-0.2, -0.15) is 0 Å². The molecule has 8 heteroatoms. The van der Waals surface area contributed by atoms with E-state index in [-0.39, 0.29) is 29.4 Å². The molecule has 1 aliphatic rings. The molecule has 2 heterocycles. The predicted molar refractivity (Wildman–Crippen MR) is 91.2 cm³/mol. The molecule has 2 N–H and O–H groups in total. The first-order valence-corrected chi connectivity index (χ1v) is 8.37. The first-order chi connectivity index (χ1) is 12.5. The van der Waals surface area contributed by atoms with Crippen LogP contribution in [-0.2, 0) is 22.4 Å². The third-order valence-corrected chi connectivity index (χ3v) is 4.66. The second-order valence-corrected chi connectivity index (χ2v) is 6.45. The van der Waals surface area contributed by atoms with Gasteiger partial charge in [0.05, 0.1) is 19.1 Å². The highest BCUT2D eigenvalue weighted by Crippen LogP contribution is 2.23. The van der Waals surface area contributed by atoms with Gasteiger partial charge < -0.3 is 14.7 Å². The predicted octanol–water partition coefficient (Wildman–Crippen LogP) is 1.26. The molecule has 1 aromatic carbocycles. The fraction of sp³-hybridized carbons (Fsp3) is 0.389. The highest BCUT2D eigenvalue weighted by atomic mass is 19.1. The molecule has 0 saturated carbocycles. The van der Waals surface area contributed by atoms with Crippen LogP contribution in [0.4, 0.5) is 4.39 Å². The molecule has 138 valence electrons. The molecule has 1 amide bonds. The minimum Gasteiger partial charge on any atom is -0.465 e. The van der Waals surface area contributed by atoms with E-state index in [4.69, 9.17) is 0 Å². The highest BCUT2D eigenvalue weighted by molar-refractivity contribution is 5.89. The number of likely N-dealkylation sites (tertiary alicyclic amines) is 1. The number of rotatable bonds is 5. The molecule has 7 nitrogen and oxygen atoms in total. The average Bonchev–Trinajstić information content (AvgIpc) is 3.25. The first-order valence-electron chi connectivity index (χ1n) is 8.37. The molecule has 0 radical (unpaired) electrons. The van der Waals surface area contributed by atoms with Crippen LogP contribution >= 0.6 is 0 Å². The number of hydrogen-bond donors (Lipinski definition) is 2. The molecule has 1 aromatic heterocycles. The van der Waals surface area contributed by atoms with Crippen molar-refractivity contribution in [2.24, 2.45) is 5.92 Å². The number of H-pyrrole nitrogens is 2. The Morgan fingerprint density at radius 1 is 1.38 bits per heavy atom. The molecular formula is C18H20FN3O4. The number of aromatic nitrogens is 2. The van der Waals surface area contributed by atoms with Gasteiger partial charge in [-0.1, -0.05) is 6.07 Å². The third-order valence-electron chi connectivity index (χ3n) is 4.66. The summed E-state index contributed by atoms with van der Waals surface area (Å²) in [6, 6.07) is 4.41. The van der Waals surface area contributed by atoms with Gasteiger partial charge in [0.1, 0.15) is 5.82 Å². The lowest BCUT2D eigenvalue weighted by atomic mass is 9.97. The van der Waals surface area contributed by atoms with Gasteiger partial charge >= 0.3 is 5.97 Å². The molecule has 0 bridgehead atoms. The van der Waals surface area contributed by atoms with E-state index < -0.39 is 11.8 Å². The molecular weight excluding hydrogens is 341 g/mol. The smallest absolute Gasteiger partial charge is 0.340 e. The van der Waals surface area contributed by atoms with Gasteiger partial charge in [0.25, 0.3) is 5.56 Å². The Morgan fingerprint density at radius 2 is 2.19 bits per heavy atom. The van der Waals surface area contributed by atoms with Crippen LogP contribution in [0, 0.1) is 11.7 Å². The van der Waals surface area contributed by atoms with E-state index in [9.17, 15) is 18.8 Å². The van der Waals surface area contributed by atoms with Gasteiger partial charge in [0.15, 0.2) is 0 Å². The zero-order chi connectivity index (χ0) is 18.7. The Balaban J connectivity index is 1.61. The van der Waals surface area contributed by atoms with Crippen LogP contribution in [0.1, 0.15) is 27.9 Å². The second kappa shape index (κ2) is 7.55. The van der Waals surface area contributed by atoms with E-state index in [1.165, 1.54) is 25.4 Å². The fourth-order valence-electron chi connectivity index (χ4n) is 3.27. The number of methoxy groups -OCH3 is 1. The van der Waals surface area contributed by atoms with Crippen molar-refractivity contribution in [2.45, 2.75) is 19.3 Å². The van der Waals surface area contributed by atoms with Crippen molar-refractivity contribution in [1.29, 1.82) is 0 Å². The number of carbonyl (C=O) groups is 2. The minimum absolute atomic E-state index is 0.0641. The van der Waals surface area contributed by atoms with Crippen LogP contribution in [0.15, 0.2) is 29.2 Å². The molecule has 1 saturated heterocycles. The third kappa shape index (κ3) is 3.84. The molecule has 2 aromatic rings. The summed E-state index contributed by atoms with van der Waals surface area (Å²) in [5.41, 5.74) is 0.881. The number of carbonyl (C=O) groups excluding carboxylic acids is 2. The van der Waals surface area contributed by atoms with Crippen molar-refractivity contribution >= 4 is 11.9 Å². The first kappa shape index (κ1) is 17.9.